The zero-order chi connectivity index (χ0) is 10.3. The van der Waals surface area contributed by atoms with Gasteiger partial charge in [0, 0.05) is 30.1 Å². The highest BCUT2D eigenvalue weighted by Gasteiger charge is 2.27. The quantitative estimate of drug-likeness (QED) is 0.644. The maximum absolute atomic E-state index is 11.3. The van der Waals surface area contributed by atoms with Gasteiger partial charge in [-0.2, -0.15) is 0 Å². The number of anilines is 1. The highest BCUT2D eigenvalue weighted by molar-refractivity contribution is 6.31. The predicted octanol–water partition coefficient (Wildman–Crippen LogP) is 2.81. The Morgan fingerprint density at radius 2 is 2.29 bits per heavy atom. The van der Waals surface area contributed by atoms with Gasteiger partial charge in [0.25, 0.3) is 0 Å². The zero-order valence-electron chi connectivity index (χ0n) is 8.25. The highest BCUT2D eigenvalue weighted by Crippen LogP contribution is 2.37. The van der Waals surface area contributed by atoms with Crippen LogP contribution in [0.2, 0.25) is 5.02 Å². The molecule has 1 aromatic rings. The minimum absolute atomic E-state index is 0.0814. The van der Waals surface area contributed by atoms with Gasteiger partial charge in [0.2, 0.25) is 5.91 Å². The lowest BCUT2D eigenvalue weighted by Gasteiger charge is -2.14. The van der Waals surface area contributed by atoms with Crippen molar-refractivity contribution in [3.8, 4) is 0 Å². The molecular formula is C11H12ClNO. The van der Waals surface area contributed by atoms with Crippen molar-refractivity contribution in [3.63, 3.8) is 0 Å². The molecule has 0 spiro atoms. The Labute approximate surface area is 88.5 Å². The van der Waals surface area contributed by atoms with E-state index in [0.29, 0.717) is 10.9 Å². The zero-order valence-corrected chi connectivity index (χ0v) is 9.01. The molecule has 0 fully saturated rings. The first-order valence-corrected chi connectivity index (χ1v) is 5.05. The number of fused-ring (bicyclic) bond motifs is 1. The summed E-state index contributed by atoms with van der Waals surface area (Å²) in [6.45, 7) is 4.48. The molecule has 0 radical (unpaired) electrons. The Balaban J connectivity index is 2.51. The molecule has 14 heavy (non-hydrogen) atoms. The summed E-state index contributed by atoms with van der Waals surface area (Å²) in [6.07, 6.45) is 0. The minimum atomic E-state index is 0.0814. The molecule has 0 bridgehead atoms. The van der Waals surface area contributed by atoms with E-state index in [-0.39, 0.29) is 5.91 Å². The molecule has 0 saturated heterocycles. The summed E-state index contributed by atoms with van der Waals surface area (Å²) >= 11 is 5.90. The van der Waals surface area contributed by atoms with Crippen LogP contribution in [-0.4, -0.2) is 12.5 Å². The van der Waals surface area contributed by atoms with Crippen LogP contribution in [-0.2, 0) is 4.79 Å². The third-order valence-corrected chi connectivity index (χ3v) is 2.89. The molecule has 2 nitrogen and oxygen atoms in total. The molecule has 0 saturated carbocycles. The number of amides is 1. The molecule has 1 unspecified atom stereocenters. The van der Waals surface area contributed by atoms with Gasteiger partial charge in [-0.25, -0.2) is 0 Å². The van der Waals surface area contributed by atoms with Crippen LogP contribution < -0.4 is 4.90 Å². The van der Waals surface area contributed by atoms with E-state index in [9.17, 15) is 4.79 Å². The number of hydrogen-bond acceptors (Lipinski definition) is 1. The van der Waals surface area contributed by atoms with E-state index >= 15 is 0 Å². The average molecular weight is 210 g/mol. The van der Waals surface area contributed by atoms with Crippen molar-refractivity contribution in [2.45, 2.75) is 19.8 Å². The average Bonchev–Trinajstić information content (AvgIpc) is 2.43. The van der Waals surface area contributed by atoms with E-state index < -0.39 is 0 Å². The Morgan fingerprint density at radius 3 is 2.93 bits per heavy atom. The molecule has 1 aliphatic rings. The van der Waals surface area contributed by atoms with E-state index in [1.54, 1.807) is 11.8 Å². The summed E-state index contributed by atoms with van der Waals surface area (Å²) in [4.78, 5) is 13.1. The number of rotatable bonds is 0. The third kappa shape index (κ3) is 1.40. The molecule has 1 amide bonds. The van der Waals surface area contributed by atoms with Crippen molar-refractivity contribution >= 4 is 23.2 Å². The second-order valence-corrected chi connectivity index (χ2v) is 4.17. The van der Waals surface area contributed by atoms with E-state index in [2.05, 4.69) is 6.92 Å². The van der Waals surface area contributed by atoms with Crippen molar-refractivity contribution in [1.82, 2.24) is 0 Å². The molecule has 74 valence electrons. The number of hydrogen-bond donors (Lipinski definition) is 0. The first kappa shape index (κ1) is 9.53. The van der Waals surface area contributed by atoms with E-state index in [1.165, 1.54) is 5.56 Å². The lowest BCUT2D eigenvalue weighted by Crippen LogP contribution is -2.26. The molecule has 0 aromatic heterocycles. The van der Waals surface area contributed by atoms with E-state index in [0.717, 1.165) is 12.2 Å². The van der Waals surface area contributed by atoms with Gasteiger partial charge in [0.15, 0.2) is 0 Å². The Hall–Kier alpha value is -1.02. The molecule has 1 heterocycles. The fraction of sp³-hybridized carbons (Fsp3) is 0.364. The first-order valence-electron chi connectivity index (χ1n) is 4.67. The summed E-state index contributed by atoms with van der Waals surface area (Å²) in [6, 6.07) is 5.74. The number of benzene rings is 1. The van der Waals surface area contributed by atoms with Crippen molar-refractivity contribution in [1.29, 1.82) is 0 Å². The smallest absolute Gasteiger partial charge is 0.223 e. The normalized spacial score (nSPS) is 19.6. The Kier molecular flexibility index (Phi) is 2.23. The van der Waals surface area contributed by atoms with Gasteiger partial charge in [-0.15, -0.1) is 0 Å². The first-order chi connectivity index (χ1) is 6.59. The monoisotopic (exact) mass is 209 g/mol. The fourth-order valence-electron chi connectivity index (χ4n) is 1.94. The second kappa shape index (κ2) is 3.28. The van der Waals surface area contributed by atoms with Crippen LogP contribution >= 0.6 is 11.6 Å². The van der Waals surface area contributed by atoms with Gasteiger partial charge in [0.05, 0.1) is 0 Å². The van der Waals surface area contributed by atoms with Crippen LogP contribution in [0.4, 0.5) is 5.69 Å². The van der Waals surface area contributed by atoms with Crippen molar-refractivity contribution < 1.29 is 4.79 Å². The highest BCUT2D eigenvalue weighted by atomic mass is 35.5. The number of halogens is 1. The molecule has 2 rings (SSSR count). The molecular weight excluding hydrogens is 198 g/mol. The van der Waals surface area contributed by atoms with Crippen LogP contribution in [0.15, 0.2) is 18.2 Å². The van der Waals surface area contributed by atoms with Crippen LogP contribution in [0.25, 0.3) is 0 Å². The maximum Gasteiger partial charge on any atom is 0.223 e. The molecule has 3 heteroatoms. The minimum Gasteiger partial charge on any atom is -0.312 e. The standard InChI is InChI=1S/C11H12ClNO/c1-7-6-13(8(2)14)11-5-9(12)3-4-10(7)11/h3-5,7H,6H2,1-2H3. The molecule has 0 aliphatic carbocycles. The Bertz CT molecular complexity index is 389. The number of carbonyl (C=O) groups is 1. The Morgan fingerprint density at radius 1 is 1.57 bits per heavy atom. The number of nitrogens with zero attached hydrogens (tertiary/aromatic N) is 1. The van der Waals surface area contributed by atoms with Crippen LogP contribution in [0.1, 0.15) is 25.3 Å². The summed E-state index contributed by atoms with van der Waals surface area (Å²) in [5.41, 5.74) is 2.18. The summed E-state index contributed by atoms with van der Waals surface area (Å²) in [7, 11) is 0. The topological polar surface area (TPSA) is 20.3 Å². The summed E-state index contributed by atoms with van der Waals surface area (Å²) in [5, 5.41) is 0.684. The van der Waals surface area contributed by atoms with Crippen molar-refractivity contribution in [3.05, 3.63) is 28.8 Å². The molecule has 1 aromatic carbocycles. The van der Waals surface area contributed by atoms with Gasteiger partial charge >= 0.3 is 0 Å². The lowest BCUT2D eigenvalue weighted by atomic mass is 10.0. The van der Waals surface area contributed by atoms with Gasteiger partial charge in [-0.1, -0.05) is 24.6 Å². The molecule has 1 aliphatic heterocycles. The van der Waals surface area contributed by atoms with Crippen molar-refractivity contribution in [2.75, 3.05) is 11.4 Å². The van der Waals surface area contributed by atoms with E-state index in [4.69, 9.17) is 11.6 Å². The maximum atomic E-state index is 11.3. The second-order valence-electron chi connectivity index (χ2n) is 3.73. The third-order valence-electron chi connectivity index (χ3n) is 2.65. The van der Waals surface area contributed by atoms with E-state index in [1.807, 2.05) is 18.2 Å². The van der Waals surface area contributed by atoms with Crippen LogP contribution in [0.3, 0.4) is 0 Å². The predicted molar refractivity (Wildman–Crippen MR) is 57.9 cm³/mol. The fourth-order valence-corrected chi connectivity index (χ4v) is 2.10. The van der Waals surface area contributed by atoms with Crippen LogP contribution in [0.5, 0.6) is 0 Å². The van der Waals surface area contributed by atoms with Gasteiger partial charge in [-0.05, 0) is 17.7 Å². The van der Waals surface area contributed by atoms with Crippen LogP contribution in [0, 0.1) is 0 Å². The number of carbonyl (C=O) groups excluding carboxylic acids is 1. The summed E-state index contributed by atoms with van der Waals surface area (Å²) < 4.78 is 0. The van der Waals surface area contributed by atoms with Gasteiger partial charge in [-0.3, -0.25) is 4.79 Å². The largest absolute Gasteiger partial charge is 0.312 e. The summed E-state index contributed by atoms with van der Waals surface area (Å²) in [5.74, 6) is 0.490. The van der Waals surface area contributed by atoms with Gasteiger partial charge in [0.1, 0.15) is 0 Å². The van der Waals surface area contributed by atoms with Crippen molar-refractivity contribution in [2.24, 2.45) is 0 Å². The lowest BCUT2D eigenvalue weighted by molar-refractivity contribution is -0.116. The van der Waals surface area contributed by atoms with Gasteiger partial charge < -0.3 is 4.90 Å². The molecule has 1 atom stereocenters. The molecule has 0 N–H and O–H groups in total. The SMILES string of the molecule is CC(=O)N1CC(C)c2ccc(Cl)cc21.